The van der Waals surface area contributed by atoms with Crippen LogP contribution in [0.1, 0.15) is 35.3 Å². The molecule has 108 valence electrons. The molecule has 2 rings (SSSR count). The van der Waals surface area contributed by atoms with Gasteiger partial charge in [-0.3, -0.25) is 14.6 Å². The zero-order valence-electron chi connectivity index (χ0n) is 11.6. The van der Waals surface area contributed by atoms with Crippen LogP contribution in [-0.4, -0.2) is 40.3 Å². The number of carbonyl (C=O) groups excluding carboxylic acids is 2. The Bertz CT molecular complexity index is 518. The summed E-state index contributed by atoms with van der Waals surface area (Å²) in [5.41, 5.74) is 12.3. The minimum atomic E-state index is -0.395. The van der Waals surface area contributed by atoms with Crippen molar-refractivity contribution in [3.8, 4) is 0 Å². The highest BCUT2D eigenvalue weighted by atomic mass is 16.2. The highest BCUT2D eigenvalue weighted by molar-refractivity contribution is 5.96. The number of amides is 2. The molecule has 0 aliphatic carbocycles. The Kier molecular flexibility index (Phi) is 4.34. The lowest BCUT2D eigenvalue weighted by atomic mass is 10.1. The van der Waals surface area contributed by atoms with Gasteiger partial charge in [-0.05, 0) is 31.9 Å². The Morgan fingerprint density at radius 2 is 2.10 bits per heavy atom. The topological polar surface area (TPSA) is 102 Å². The molecule has 0 saturated carbocycles. The number of aromatic nitrogens is 1. The zero-order valence-corrected chi connectivity index (χ0v) is 11.6. The van der Waals surface area contributed by atoms with Crippen LogP contribution in [0.3, 0.4) is 0 Å². The number of pyridine rings is 1. The number of carbonyl (C=O) groups is 2. The average Bonchev–Trinajstić information content (AvgIpc) is 2.80. The third-order valence-corrected chi connectivity index (χ3v) is 3.80. The molecular weight excluding hydrogens is 256 g/mol. The molecule has 2 heterocycles. The Labute approximate surface area is 118 Å². The maximum absolute atomic E-state index is 12.7. The molecule has 4 N–H and O–H groups in total. The van der Waals surface area contributed by atoms with Crippen LogP contribution in [-0.2, 0) is 4.79 Å². The van der Waals surface area contributed by atoms with E-state index in [-0.39, 0.29) is 24.4 Å². The summed E-state index contributed by atoms with van der Waals surface area (Å²) >= 11 is 0. The second kappa shape index (κ2) is 6.00. The summed E-state index contributed by atoms with van der Waals surface area (Å²) in [5, 5.41) is 0. The summed E-state index contributed by atoms with van der Waals surface area (Å²) in [6, 6.07) is 3.29. The van der Waals surface area contributed by atoms with Gasteiger partial charge in [0.05, 0.1) is 5.56 Å². The van der Waals surface area contributed by atoms with Gasteiger partial charge in [-0.1, -0.05) is 0 Å². The van der Waals surface area contributed by atoms with Crippen molar-refractivity contribution >= 4 is 11.8 Å². The van der Waals surface area contributed by atoms with Crippen LogP contribution >= 0.6 is 0 Å². The number of primary amides is 1. The van der Waals surface area contributed by atoms with Gasteiger partial charge in [0.25, 0.3) is 5.91 Å². The second-order valence-corrected chi connectivity index (χ2v) is 5.14. The largest absolute Gasteiger partial charge is 0.370 e. The second-order valence-electron chi connectivity index (χ2n) is 5.14. The van der Waals surface area contributed by atoms with Gasteiger partial charge in [0, 0.05) is 36.9 Å². The first-order valence-corrected chi connectivity index (χ1v) is 6.77. The minimum Gasteiger partial charge on any atom is -0.370 e. The van der Waals surface area contributed by atoms with E-state index in [0.29, 0.717) is 17.8 Å². The number of likely N-dealkylation sites (tertiary alicyclic amines) is 1. The number of rotatable bonds is 4. The molecule has 0 radical (unpaired) electrons. The van der Waals surface area contributed by atoms with E-state index in [0.717, 1.165) is 12.8 Å². The quantitative estimate of drug-likeness (QED) is 0.819. The van der Waals surface area contributed by atoms with Gasteiger partial charge in [-0.2, -0.15) is 0 Å². The predicted octanol–water partition coefficient (Wildman–Crippen LogP) is 0.197. The average molecular weight is 276 g/mol. The van der Waals surface area contributed by atoms with E-state index in [2.05, 4.69) is 4.98 Å². The van der Waals surface area contributed by atoms with E-state index >= 15 is 0 Å². The number of hydrogen-bond acceptors (Lipinski definition) is 4. The van der Waals surface area contributed by atoms with Crippen molar-refractivity contribution in [2.45, 2.75) is 38.3 Å². The van der Waals surface area contributed by atoms with E-state index < -0.39 is 5.91 Å². The summed E-state index contributed by atoms with van der Waals surface area (Å²) in [4.78, 5) is 29.7. The summed E-state index contributed by atoms with van der Waals surface area (Å²) in [6.45, 7) is 2.18. The molecule has 0 unspecified atom stereocenters. The SMILES string of the molecule is Cc1ncccc1C(=O)N1[C@H](CN)CC[C@@H]1CC(N)=O. The number of hydrogen-bond donors (Lipinski definition) is 2. The van der Waals surface area contributed by atoms with Crippen LogP contribution < -0.4 is 11.5 Å². The fourth-order valence-electron chi connectivity index (χ4n) is 2.81. The molecule has 6 heteroatoms. The molecule has 2 amide bonds. The molecule has 6 nitrogen and oxygen atoms in total. The molecule has 0 bridgehead atoms. The molecule has 1 aliphatic rings. The highest BCUT2D eigenvalue weighted by Gasteiger charge is 2.37. The minimum absolute atomic E-state index is 0.0357. The maximum Gasteiger partial charge on any atom is 0.256 e. The normalized spacial score (nSPS) is 22.0. The number of nitrogens with zero attached hydrogens (tertiary/aromatic N) is 2. The highest BCUT2D eigenvalue weighted by Crippen LogP contribution is 2.28. The smallest absolute Gasteiger partial charge is 0.256 e. The van der Waals surface area contributed by atoms with Gasteiger partial charge in [0.15, 0.2) is 0 Å². The van der Waals surface area contributed by atoms with Gasteiger partial charge < -0.3 is 16.4 Å². The molecule has 1 aromatic rings. The molecule has 1 aromatic heterocycles. The Hall–Kier alpha value is -1.95. The van der Waals surface area contributed by atoms with E-state index in [1.54, 1.807) is 30.2 Å². The predicted molar refractivity (Wildman–Crippen MR) is 74.8 cm³/mol. The van der Waals surface area contributed by atoms with E-state index in [4.69, 9.17) is 11.5 Å². The van der Waals surface area contributed by atoms with Crippen molar-refractivity contribution in [2.75, 3.05) is 6.54 Å². The maximum atomic E-state index is 12.7. The first-order valence-electron chi connectivity index (χ1n) is 6.77. The molecule has 0 aromatic carbocycles. The molecule has 1 saturated heterocycles. The molecular formula is C14H20N4O2. The van der Waals surface area contributed by atoms with Gasteiger partial charge in [-0.15, -0.1) is 0 Å². The first-order chi connectivity index (χ1) is 9.54. The van der Waals surface area contributed by atoms with Gasteiger partial charge in [0.1, 0.15) is 0 Å². The molecule has 2 atom stereocenters. The molecule has 1 aliphatic heterocycles. The van der Waals surface area contributed by atoms with Crippen molar-refractivity contribution in [2.24, 2.45) is 11.5 Å². The Morgan fingerprint density at radius 1 is 1.40 bits per heavy atom. The van der Waals surface area contributed by atoms with E-state index in [9.17, 15) is 9.59 Å². The van der Waals surface area contributed by atoms with Crippen molar-refractivity contribution in [1.29, 1.82) is 0 Å². The molecule has 0 spiro atoms. The lowest BCUT2D eigenvalue weighted by molar-refractivity contribution is -0.118. The summed E-state index contributed by atoms with van der Waals surface area (Å²) in [7, 11) is 0. The molecule has 1 fully saturated rings. The van der Waals surface area contributed by atoms with E-state index in [1.807, 2.05) is 0 Å². The monoisotopic (exact) mass is 276 g/mol. The summed E-state index contributed by atoms with van der Waals surface area (Å²) < 4.78 is 0. The van der Waals surface area contributed by atoms with Crippen LogP contribution in [0.5, 0.6) is 0 Å². The van der Waals surface area contributed by atoms with Gasteiger partial charge >= 0.3 is 0 Å². The third kappa shape index (κ3) is 2.80. The standard InChI is InChI=1S/C14H20N4O2/c1-9-12(3-2-6-17-9)14(20)18-10(7-13(16)19)4-5-11(18)8-15/h2-3,6,10-11H,4-5,7-8,15H2,1H3,(H2,16,19)/t10-,11+/m1/s1. The van der Waals surface area contributed by atoms with Gasteiger partial charge in [0.2, 0.25) is 5.91 Å². The van der Waals surface area contributed by atoms with Crippen LogP contribution in [0, 0.1) is 6.92 Å². The fraction of sp³-hybridized carbons (Fsp3) is 0.500. The van der Waals surface area contributed by atoms with Crippen LogP contribution in [0.4, 0.5) is 0 Å². The van der Waals surface area contributed by atoms with Crippen LogP contribution in [0.25, 0.3) is 0 Å². The van der Waals surface area contributed by atoms with Crippen molar-refractivity contribution in [3.63, 3.8) is 0 Å². The number of aryl methyl sites for hydroxylation is 1. The van der Waals surface area contributed by atoms with Gasteiger partial charge in [-0.25, -0.2) is 0 Å². The molecule has 20 heavy (non-hydrogen) atoms. The van der Waals surface area contributed by atoms with Crippen LogP contribution in [0.15, 0.2) is 18.3 Å². The number of nitrogens with two attached hydrogens (primary N) is 2. The fourth-order valence-corrected chi connectivity index (χ4v) is 2.81. The lowest BCUT2D eigenvalue weighted by Gasteiger charge is -2.29. The van der Waals surface area contributed by atoms with Crippen molar-refractivity contribution < 1.29 is 9.59 Å². The summed E-state index contributed by atoms with van der Waals surface area (Å²) in [5.74, 6) is -0.511. The Balaban J connectivity index is 2.28. The lowest BCUT2D eigenvalue weighted by Crippen LogP contribution is -2.46. The Morgan fingerprint density at radius 3 is 2.70 bits per heavy atom. The van der Waals surface area contributed by atoms with E-state index in [1.165, 1.54) is 0 Å². The van der Waals surface area contributed by atoms with Crippen molar-refractivity contribution in [3.05, 3.63) is 29.6 Å². The summed E-state index contributed by atoms with van der Waals surface area (Å²) in [6.07, 6.45) is 3.40. The van der Waals surface area contributed by atoms with Crippen molar-refractivity contribution in [1.82, 2.24) is 9.88 Å². The first kappa shape index (κ1) is 14.5. The zero-order chi connectivity index (χ0) is 14.7. The third-order valence-electron chi connectivity index (χ3n) is 3.80. The van der Waals surface area contributed by atoms with Crippen LogP contribution in [0.2, 0.25) is 0 Å².